The second-order valence-corrected chi connectivity index (χ2v) is 6.30. The van der Waals surface area contributed by atoms with Gasteiger partial charge in [0, 0.05) is 11.6 Å². The fourth-order valence-corrected chi connectivity index (χ4v) is 2.54. The summed E-state index contributed by atoms with van der Waals surface area (Å²) in [5, 5.41) is 7.93. The van der Waals surface area contributed by atoms with Crippen LogP contribution in [0.15, 0.2) is 17.0 Å². The van der Waals surface area contributed by atoms with E-state index in [-0.39, 0.29) is 16.7 Å². The Morgan fingerprint density at radius 1 is 1.28 bits per heavy atom. The van der Waals surface area contributed by atoms with E-state index in [1.54, 1.807) is 13.8 Å². The quantitative estimate of drug-likeness (QED) is 0.865. The standard InChI is InChI=1S/C12H16N2O3S/c1-7-5-10(18(13,16)17)6-8(2)11(7)14-12(15)9-3-4-9/h5-6,9H,3-4H2,1-2H3,(H,14,15)(H2,13,16,17). The fraction of sp³-hybridized carbons (Fsp3) is 0.417. The highest BCUT2D eigenvalue weighted by Crippen LogP contribution is 2.32. The van der Waals surface area contributed by atoms with E-state index in [0.717, 1.165) is 12.8 Å². The topological polar surface area (TPSA) is 89.3 Å². The van der Waals surface area contributed by atoms with Crippen LogP contribution in [0.4, 0.5) is 5.69 Å². The predicted octanol–water partition coefficient (Wildman–Crippen LogP) is 1.30. The van der Waals surface area contributed by atoms with Gasteiger partial charge >= 0.3 is 0 Å². The molecule has 18 heavy (non-hydrogen) atoms. The van der Waals surface area contributed by atoms with E-state index < -0.39 is 10.0 Å². The molecule has 0 unspecified atom stereocenters. The van der Waals surface area contributed by atoms with Crippen molar-refractivity contribution in [1.82, 2.24) is 0 Å². The maximum Gasteiger partial charge on any atom is 0.238 e. The summed E-state index contributed by atoms with van der Waals surface area (Å²) in [6.45, 7) is 3.51. The highest BCUT2D eigenvalue weighted by atomic mass is 32.2. The van der Waals surface area contributed by atoms with Crippen molar-refractivity contribution in [3.05, 3.63) is 23.3 Å². The van der Waals surface area contributed by atoms with Gasteiger partial charge in [-0.15, -0.1) is 0 Å². The molecule has 0 atom stereocenters. The number of rotatable bonds is 3. The molecule has 6 heteroatoms. The SMILES string of the molecule is Cc1cc(S(N)(=O)=O)cc(C)c1NC(=O)C1CC1. The van der Waals surface area contributed by atoms with Crippen LogP contribution in [0.5, 0.6) is 0 Å². The van der Waals surface area contributed by atoms with E-state index in [2.05, 4.69) is 5.32 Å². The number of primary sulfonamides is 1. The van der Waals surface area contributed by atoms with E-state index in [1.165, 1.54) is 12.1 Å². The lowest BCUT2D eigenvalue weighted by molar-refractivity contribution is -0.117. The van der Waals surface area contributed by atoms with E-state index in [0.29, 0.717) is 16.8 Å². The third-order valence-electron chi connectivity index (χ3n) is 3.03. The Morgan fingerprint density at radius 3 is 2.17 bits per heavy atom. The third kappa shape index (κ3) is 2.70. The van der Waals surface area contributed by atoms with Crippen molar-refractivity contribution in [2.24, 2.45) is 11.1 Å². The molecule has 0 spiro atoms. The molecule has 1 fully saturated rings. The van der Waals surface area contributed by atoms with Crippen molar-refractivity contribution in [3.8, 4) is 0 Å². The van der Waals surface area contributed by atoms with Crippen LogP contribution in [0.2, 0.25) is 0 Å². The molecule has 0 heterocycles. The van der Waals surface area contributed by atoms with Gasteiger partial charge in [-0.1, -0.05) is 0 Å². The van der Waals surface area contributed by atoms with Gasteiger partial charge in [0.25, 0.3) is 0 Å². The summed E-state index contributed by atoms with van der Waals surface area (Å²) in [6.07, 6.45) is 1.86. The number of nitrogens with one attached hydrogen (secondary N) is 1. The molecule has 98 valence electrons. The number of sulfonamides is 1. The number of benzene rings is 1. The first-order valence-corrected chi connectivity index (χ1v) is 7.28. The highest BCUT2D eigenvalue weighted by Gasteiger charge is 2.30. The first kappa shape index (κ1) is 13.0. The summed E-state index contributed by atoms with van der Waals surface area (Å²) in [5.41, 5.74) is 2.08. The van der Waals surface area contributed by atoms with E-state index >= 15 is 0 Å². The number of nitrogens with two attached hydrogens (primary N) is 1. The van der Waals surface area contributed by atoms with Crippen LogP contribution in [0.1, 0.15) is 24.0 Å². The van der Waals surface area contributed by atoms with Gasteiger partial charge < -0.3 is 5.32 Å². The Bertz CT molecular complexity index is 581. The zero-order valence-corrected chi connectivity index (χ0v) is 11.2. The number of hydrogen-bond donors (Lipinski definition) is 2. The van der Waals surface area contributed by atoms with Crippen LogP contribution < -0.4 is 10.5 Å². The summed E-state index contributed by atoms with van der Waals surface area (Å²) in [6, 6.07) is 2.95. The zero-order valence-electron chi connectivity index (χ0n) is 10.4. The Labute approximate surface area is 106 Å². The highest BCUT2D eigenvalue weighted by molar-refractivity contribution is 7.89. The summed E-state index contributed by atoms with van der Waals surface area (Å²) >= 11 is 0. The van der Waals surface area contributed by atoms with Crippen LogP contribution in [0.25, 0.3) is 0 Å². The molecule has 1 aliphatic carbocycles. The molecule has 0 bridgehead atoms. The summed E-state index contributed by atoms with van der Waals surface area (Å²) in [5.74, 6) is 0.117. The molecule has 1 aromatic rings. The van der Waals surface area contributed by atoms with E-state index in [4.69, 9.17) is 5.14 Å². The van der Waals surface area contributed by atoms with Gasteiger partial charge in [0.05, 0.1) is 4.90 Å². The van der Waals surface area contributed by atoms with E-state index in [9.17, 15) is 13.2 Å². The first-order valence-electron chi connectivity index (χ1n) is 5.74. The van der Waals surface area contributed by atoms with Crippen molar-refractivity contribution in [2.75, 3.05) is 5.32 Å². The lowest BCUT2D eigenvalue weighted by Gasteiger charge is -2.13. The second-order valence-electron chi connectivity index (χ2n) is 4.74. The molecular formula is C12H16N2O3S. The molecule has 1 aliphatic rings. The second kappa shape index (κ2) is 4.37. The molecule has 1 saturated carbocycles. The predicted molar refractivity (Wildman–Crippen MR) is 68.6 cm³/mol. The molecule has 3 N–H and O–H groups in total. The molecule has 0 aliphatic heterocycles. The smallest absolute Gasteiger partial charge is 0.238 e. The lowest BCUT2D eigenvalue weighted by Crippen LogP contribution is -2.17. The number of hydrogen-bond acceptors (Lipinski definition) is 3. The Morgan fingerprint density at radius 2 is 1.78 bits per heavy atom. The molecule has 0 saturated heterocycles. The van der Waals surface area contributed by atoms with Gasteiger partial charge in [-0.2, -0.15) is 0 Å². The largest absolute Gasteiger partial charge is 0.325 e. The zero-order chi connectivity index (χ0) is 13.5. The molecule has 0 radical (unpaired) electrons. The molecule has 5 nitrogen and oxygen atoms in total. The number of amides is 1. The maximum absolute atomic E-state index is 11.7. The average molecular weight is 268 g/mol. The number of carbonyl (C=O) groups is 1. The normalized spacial score (nSPS) is 15.5. The first-order chi connectivity index (χ1) is 8.29. The van der Waals surface area contributed by atoms with Crippen molar-refractivity contribution in [1.29, 1.82) is 0 Å². The van der Waals surface area contributed by atoms with Gasteiger partial charge in [-0.3, -0.25) is 4.79 Å². The minimum Gasteiger partial charge on any atom is -0.325 e. The maximum atomic E-state index is 11.7. The minimum absolute atomic E-state index is 0.00422. The number of carbonyl (C=O) groups excluding carboxylic acids is 1. The van der Waals surface area contributed by atoms with Crippen molar-refractivity contribution in [2.45, 2.75) is 31.6 Å². The number of aryl methyl sites for hydroxylation is 2. The van der Waals surface area contributed by atoms with Crippen LogP contribution in [0, 0.1) is 19.8 Å². The van der Waals surface area contributed by atoms with Crippen molar-refractivity contribution < 1.29 is 13.2 Å². The molecule has 1 aromatic carbocycles. The number of anilines is 1. The van der Waals surface area contributed by atoms with Gasteiger partial charge in [0.1, 0.15) is 0 Å². The third-order valence-corrected chi connectivity index (χ3v) is 3.92. The van der Waals surface area contributed by atoms with Crippen LogP contribution >= 0.6 is 0 Å². The van der Waals surface area contributed by atoms with Crippen LogP contribution in [-0.4, -0.2) is 14.3 Å². The summed E-state index contributed by atoms with van der Waals surface area (Å²) < 4.78 is 22.6. The fourth-order valence-electron chi connectivity index (χ4n) is 1.86. The summed E-state index contributed by atoms with van der Waals surface area (Å²) in [4.78, 5) is 11.8. The Balaban J connectivity index is 2.34. The molecule has 2 rings (SSSR count). The Hall–Kier alpha value is -1.40. The van der Waals surface area contributed by atoms with E-state index in [1.807, 2.05) is 0 Å². The van der Waals surface area contributed by atoms with Crippen LogP contribution in [-0.2, 0) is 14.8 Å². The average Bonchev–Trinajstić information content (AvgIpc) is 3.04. The van der Waals surface area contributed by atoms with Gasteiger partial charge in [0.2, 0.25) is 15.9 Å². The minimum atomic E-state index is -3.71. The molecular weight excluding hydrogens is 252 g/mol. The molecule has 0 aromatic heterocycles. The summed E-state index contributed by atoms with van der Waals surface area (Å²) in [7, 11) is -3.71. The van der Waals surface area contributed by atoms with Gasteiger partial charge in [-0.25, -0.2) is 13.6 Å². The van der Waals surface area contributed by atoms with Crippen LogP contribution in [0.3, 0.4) is 0 Å². The lowest BCUT2D eigenvalue weighted by atomic mass is 10.1. The monoisotopic (exact) mass is 268 g/mol. The van der Waals surface area contributed by atoms with Gasteiger partial charge in [-0.05, 0) is 49.9 Å². The molecule has 1 amide bonds. The van der Waals surface area contributed by atoms with Crippen molar-refractivity contribution >= 4 is 21.6 Å². The van der Waals surface area contributed by atoms with Crippen molar-refractivity contribution in [3.63, 3.8) is 0 Å². The Kier molecular flexibility index (Phi) is 3.16. The van der Waals surface area contributed by atoms with Gasteiger partial charge in [0.15, 0.2) is 0 Å².